The molecule has 1 aromatic heterocycles. The minimum Gasteiger partial charge on any atom is -0.478 e. The van der Waals surface area contributed by atoms with Crippen molar-refractivity contribution < 1.29 is 14.7 Å². The number of aromatic carboxylic acids is 1. The fraction of sp³-hybridized carbons (Fsp3) is 0.167. The normalized spacial score (nSPS) is 15.9. The lowest BCUT2D eigenvalue weighted by Crippen LogP contribution is -2.28. The minimum atomic E-state index is -0.984. The molecule has 0 spiro atoms. The number of benzene rings is 3. The highest BCUT2D eigenvalue weighted by Gasteiger charge is 2.32. The number of hydrogen-bond donors (Lipinski definition) is 1. The van der Waals surface area contributed by atoms with Crippen LogP contribution in [0, 0.1) is 13.8 Å². The number of carbonyl (C=O) groups is 2. The molecule has 2 heterocycles. The molecule has 3 aromatic carbocycles. The van der Waals surface area contributed by atoms with Gasteiger partial charge in [0.15, 0.2) is 5.17 Å². The molecule has 7 heteroatoms. The number of likely N-dealkylation sites (N-methyl/N-ethyl adjacent to an activating group) is 1. The zero-order chi connectivity index (χ0) is 26.1. The third-order valence-corrected chi connectivity index (χ3v) is 7.53. The van der Waals surface area contributed by atoms with Gasteiger partial charge in [-0.3, -0.25) is 9.69 Å². The number of aryl methyl sites for hydroxylation is 1. The largest absolute Gasteiger partial charge is 0.478 e. The number of fused-ring (bicyclic) bond motifs is 1. The molecule has 4 aromatic rings. The van der Waals surface area contributed by atoms with E-state index in [0.29, 0.717) is 22.3 Å². The van der Waals surface area contributed by atoms with Gasteiger partial charge >= 0.3 is 5.97 Å². The van der Waals surface area contributed by atoms with E-state index in [1.54, 1.807) is 17.0 Å². The summed E-state index contributed by atoms with van der Waals surface area (Å²) in [5.74, 6) is -1.06. The van der Waals surface area contributed by atoms with Crippen LogP contribution in [0.4, 0.5) is 5.69 Å². The number of carboxylic acid groups (broad SMARTS) is 1. The average Bonchev–Trinajstić information content (AvgIpc) is 3.32. The first kappa shape index (κ1) is 24.6. The molecule has 6 nitrogen and oxygen atoms in total. The molecule has 1 fully saturated rings. The molecule has 0 unspecified atom stereocenters. The number of thioether (sulfide) groups is 1. The third-order valence-electron chi connectivity index (χ3n) is 6.52. The van der Waals surface area contributed by atoms with E-state index < -0.39 is 5.97 Å². The number of aromatic nitrogens is 1. The number of aliphatic imine (C=N–C) groups is 1. The van der Waals surface area contributed by atoms with E-state index >= 15 is 0 Å². The monoisotopic (exact) mass is 509 g/mol. The van der Waals surface area contributed by atoms with Crippen molar-refractivity contribution in [3.8, 4) is 0 Å². The van der Waals surface area contributed by atoms with Crippen LogP contribution < -0.4 is 0 Å². The minimum absolute atomic E-state index is 0.0803. The summed E-state index contributed by atoms with van der Waals surface area (Å²) in [5.41, 5.74) is 6.52. The lowest BCUT2D eigenvalue weighted by atomic mass is 10.1. The highest BCUT2D eigenvalue weighted by Crippen LogP contribution is 2.37. The van der Waals surface area contributed by atoms with Gasteiger partial charge in [0.1, 0.15) is 0 Å². The Balaban J connectivity index is 1.53. The molecule has 0 saturated carbocycles. The van der Waals surface area contributed by atoms with Crippen molar-refractivity contribution in [3.63, 3.8) is 0 Å². The fourth-order valence-corrected chi connectivity index (χ4v) is 5.67. The Morgan fingerprint density at radius 1 is 1.03 bits per heavy atom. The molecular weight excluding hydrogens is 482 g/mol. The summed E-state index contributed by atoms with van der Waals surface area (Å²) in [6.07, 6.45) is 1.98. The lowest BCUT2D eigenvalue weighted by molar-refractivity contribution is -0.122. The molecule has 1 saturated heterocycles. The van der Waals surface area contributed by atoms with E-state index in [1.807, 2.05) is 25.1 Å². The maximum absolute atomic E-state index is 13.3. The van der Waals surface area contributed by atoms with Gasteiger partial charge in [-0.15, -0.1) is 0 Å². The van der Waals surface area contributed by atoms with Crippen molar-refractivity contribution in [1.82, 2.24) is 9.47 Å². The first-order valence-corrected chi connectivity index (χ1v) is 12.9. The Kier molecular flexibility index (Phi) is 6.72. The van der Waals surface area contributed by atoms with E-state index in [2.05, 4.69) is 59.8 Å². The number of amidine groups is 1. The fourth-order valence-electron chi connectivity index (χ4n) is 4.63. The van der Waals surface area contributed by atoms with Crippen LogP contribution in [-0.2, 0) is 11.3 Å². The molecule has 0 aliphatic carbocycles. The molecular formula is C30H27N3O3S. The summed E-state index contributed by atoms with van der Waals surface area (Å²) in [7, 11) is 0. The Hall–Kier alpha value is -4.10. The second-order valence-electron chi connectivity index (χ2n) is 9.00. The first-order chi connectivity index (χ1) is 17.9. The summed E-state index contributed by atoms with van der Waals surface area (Å²) in [6, 6.07) is 23.1. The zero-order valence-corrected chi connectivity index (χ0v) is 21.7. The molecule has 37 heavy (non-hydrogen) atoms. The van der Waals surface area contributed by atoms with Gasteiger partial charge in [-0.1, -0.05) is 48.0 Å². The zero-order valence-electron chi connectivity index (χ0n) is 20.9. The van der Waals surface area contributed by atoms with Gasteiger partial charge in [-0.2, -0.15) is 0 Å². The van der Waals surface area contributed by atoms with Gasteiger partial charge in [0, 0.05) is 35.2 Å². The second kappa shape index (κ2) is 10.1. The molecule has 1 N–H and O–H groups in total. The first-order valence-electron chi connectivity index (χ1n) is 12.1. The van der Waals surface area contributed by atoms with Gasteiger partial charge in [-0.05, 0) is 74.5 Å². The molecule has 0 radical (unpaired) electrons. The summed E-state index contributed by atoms with van der Waals surface area (Å²) in [5, 5.41) is 10.8. The van der Waals surface area contributed by atoms with E-state index in [9.17, 15) is 9.59 Å². The maximum Gasteiger partial charge on any atom is 0.335 e. The maximum atomic E-state index is 13.3. The number of carboxylic acids is 1. The molecule has 1 aliphatic rings. The van der Waals surface area contributed by atoms with E-state index in [0.717, 1.165) is 28.7 Å². The molecule has 1 aliphatic heterocycles. The van der Waals surface area contributed by atoms with Crippen LogP contribution in [0.2, 0.25) is 0 Å². The van der Waals surface area contributed by atoms with Crippen molar-refractivity contribution in [3.05, 3.63) is 106 Å². The molecule has 0 atom stereocenters. The third kappa shape index (κ3) is 4.82. The smallest absolute Gasteiger partial charge is 0.335 e. The van der Waals surface area contributed by atoms with E-state index in [-0.39, 0.29) is 11.5 Å². The van der Waals surface area contributed by atoms with Crippen molar-refractivity contribution in [2.24, 2.45) is 4.99 Å². The lowest BCUT2D eigenvalue weighted by Gasteiger charge is -2.12. The van der Waals surface area contributed by atoms with Crippen molar-refractivity contribution in [2.75, 3.05) is 6.54 Å². The SMILES string of the molecule is CCN1C(=O)/C(=C\c2c(C)n(Cc3cccc(C)c3)c3ccccc23)SC1=Nc1ccc(C(=O)O)cc1. The summed E-state index contributed by atoms with van der Waals surface area (Å²) >= 11 is 1.35. The average molecular weight is 510 g/mol. The van der Waals surface area contributed by atoms with Gasteiger partial charge in [0.2, 0.25) is 0 Å². The highest BCUT2D eigenvalue weighted by molar-refractivity contribution is 8.18. The Morgan fingerprint density at radius 3 is 2.49 bits per heavy atom. The van der Waals surface area contributed by atoms with Gasteiger partial charge < -0.3 is 9.67 Å². The van der Waals surface area contributed by atoms with Crippen LogP contribution in [0.3, 0.4) is 0 Å². The number of hydrogen-bond acceptors (Lipinski definition) is 4. The Morgan fingerprint density at radius 2 is 1.78 bits per heavy atom. The van der Waals surface area contributed by atoms with Crippen molar-refractivity contribution in [1.29, 1.82) is 0 Å². The van der Waals surface area contributed by atoms with Crippen molar-refractivity contribution >= 4 is 51.5 Å². The summed E-state index contributed by atoms with van der Waals surface area (Å²) in [6.45, 7) is 7.36. The van der Waals surface area contributed by atoms with E-state index in [4.69, 9.17) is 5.11 Å². The highest BCUT2D eigenvalue weighted by atomic mass is 32.2. The Bertz CT molecular complexity index is 1580. The van der Waals surface area contributed by atoms with Crippen LogP contribution in [0.25, 0.3) is 17.0 Å². The number of amides is 1. The van der Waals surface area contributed by atoms with Gasteiger partial charge in [0.05, 0.1) is 16.2 Å². The molecule has 0 bridgehead atoms. The van der Waals surface area contributed by atoms with Crippen LogP contribution in [0.5, 0.6) is 0 Å². The number of carbonyl (C=O) groups excluding carboxylic acids is 1. The standard InChI is InChI=1S/C30H27N3O3S/c1-4-32-28(34)27(37-30(32)31-23-14-12-22(13-15-23)29(35)36)17-25-20(3)33(26-11-6-5-10-24(25)26)18-21-9-7-8-19(2)16-21/h5-17H,4,18H2,1-3H3,(H,35,36)/b27-17+,31-30?. The molecule has 1 amide bonds. The van der Waals surface area contributed by atoms with Crippen molar-refractivity contribution in [2.45, 2.75) is 27.3 Å². The molecule has 5 rings (SSSR count). The van der Waals surface area contributed by atoms with E-state index in [1.165, 1.54) is 35.0 Å². The van der Waals surface area contributed by atoms with Crippen LogP contribution in [0.15, 0.2) is 82.7 Å². The summed E-state index contributed by atoms with van der Waals surface area (Å²) in [4.78, 5) is 31.4. The quantitative estimate of drug-likeness (QED) is 0.296. The van der Waals surface area contributed by atoms with Crippen LogP contribution >= 0.6 is 11.8 Å². The topological polar surface area (TPSA) is 74.9 Å². The van der Waals surface area contributed by atoms with Gasteiger partial charge in [-0.25, -0.2) is 9.79 Å². The summed E-state index contributed by atoms with van der Waals surface area (Å²) < 4.78 is 2.30. The van der Waals surface area contributed by atoms with Gasteiger partial charge in [0.25, 0.3) is 5.91 Å². The Labute approximate surface area is 219 Å². The number of nitrogens with zero attached hydrogens (tertiary/aromatic N) is 3. The molecule has 186 valence electrons. The van der Waals surface area contributed by atoms with Crippen LogP contribution in [-0.4, -0.2) is 38.2 Å². The number of rotatable bonds is 6. The predicted molar refractivity (Wildman–Crippen MR) is 150 cm³/mol. The second-order valence-corrected chi connectivity index (χ2v) is 10.0. The number of para-hydroxylation sites is 1. The van der Waals surface area contributed by atoms with Crippen LogP contribution in [0.1, 0.15) is 39.7 Å². The predicted octanol–water partition coefficient (Wildman–Crippen LogP) is 6.63.